The van der Waals surface area contributed by atoms with Gasteiger partial charge in [0.25, 0.3) is 5.91 Å². The van der Waals surface area contributed by atoms with Crippen molar-refractivity contribution in [2.24, 2.45) is 0 Å². The molecule has 0 bridgehead atoms. The number of aromatic nitrogens is 1. The number of thiazole rings is 1. The number of aliphatic carboxylic acids is 1. The lowest BCUT2D eigenvalue weighted by molar-refractivity contribution is -0.139. The number of rotatable bonds is 6. The van der Waals surface area contributed by atoms with Crippen molar-refractivity contribution in [2.75, 3.05) is 11.9 Å². The van der Waals surface area contributed by atoms with Crippen molar-refractivity contribution in [3.05, 3.63) is 39.8 Å². The highest BCUT2D eigenvalue weighted by Crippen LogP contribution is 2.41. The van der Waals surface area contributed by atoms with E-state index in [-0.39, 0.29) is 5.91 Å². The molecule has 7 heteroatoms. The van der Waals surface area contributed by atoms with E-state index < -0.39 is 12.6 Å². The van der Waals surface area contributed by atoms with Crippen molar-refractivity contribution in [3.8, 4) is 5.75 Å². The van der Waals surface area contributed by atoms with Crippen LogP contribution < -0.4 is 10.1 Å². The molecule has 1 fully saturated rings. The number of benzene rings is 1. The summed E-state index contributed by atoms with van der Waals surface area (Å²) in [5.74, 6) is -0.285. The number of amides is 1. The predicted molar refractivity (Wildman–Crippen MR) is 86.4 cm³/mol. The lowest BCUT2D eigenvalue weighted by Crippen LogP contribution is -2.13. The Morgan fingerprint density at radius 3 is 2.87 bits per heavy atom. The number of aryl methyl sites for hydroxylation is 1. The molecule has 2 aromatic rings. The van der Waals surface area contributed by atoms with Gasteiger partial charge in [0.05, 0.1) is 5.01 Å². The number of carbonyl (C=O) groups excluding carboxylic acids is 1. The van der Waals surface area contributed by atoms with Gasteiger partial charge in [-0.25, -0.2) is 9.78 Å². The lowest BCUT2D eigenvalue weighted by Gasteiger charge is -2.09. The SMILES string of the molecule is Cc1cc(OCC(=O)O)ccc1NC(=O)c1csc(C2CC2)n1. The molecule has 0 aliphatic heterocycles. The maximum absolute atomic E-state index is 12.2. The summed E-state index contributed by atoms with van der Waals surface area (Å²) in [6, 6.07) is 5.01. The average Bonchev–Trinajstić information content (AvgIpc) is 3.24. The minimum Gasteiger partial charge on any atom is -0.482 e. The normalized spacial score (nSPS) is 13.6. The van der Waals surface area contributed by atoms with E-state index in [1.807, 2.05) is 6.92 Å². The second-order valence-corrected chi connectivity index (χ2v) is 6.35. The van der Waals surface area contributed by atoms with Crippen LogP contribution in [0.5, 0.6) is 5.75 Å². The van der Waals surface area contributed by atoms with Gasteiger partial charge in [-0.15, -0.1) is 11.3 Å². The summed E-state index contributed by atoms with van der Waals surface area (Å²) in [7, 11) is 0. The molecule has 0 atom stereocenters. The summed E-state index contributed by atoms with van der Waals surface area (Å²) in [4.78, 5) is 27.1. The second kappa shape index (κ2) is 6.37. The van der Waals surface area contributed by atoms with E-state index in [9.17, 15) is 9.59 Å². The number of nitrogens with zero attached hydrogens (tertiary/aromatic N) is 1. The number of nitrogens with one attached hydrogen (secondary N) is 1. The molecular formula is C16H16N2O4S. The van der Waals surface area contributed by atoms with Crippen molar-refractivity contribution < 1.29 is 19.4 Å². The highest BCUT2D eigenvalue weighted by molar-refractivity contribution is 7.10. The first-order valence-corrected chi connectivity index (χ1v) is 8.13. The van der Waals surface area contributed by atoms with Crippen LogP contribution in [0.15, 0.2) is 23.6 Å². The van der Waals surface area contributed by atoms with Crippen LogP contribution in [0.1, 0.15) is 39.8 Å². The molecule has 0 spiro atoms. The maximum Gasteiger partial charge on any atom is 0.341 e. The van der Waals surface area contributed by atoms with Crippen molar-refractivity contribution >= 4 is 28.9 Å². The second-order valence-electron chi connectivity index (χ2n) is 5.46. The molecule has 2 N–H and O–H groups in total. The fraction of sp³-hybridized carbons (Fsp3) is 0.312. The van der Waals surface area contributed by atoms with Gasteiger partial charge in [0.15, 0.2) is 6.61 Å². The molecular weight excluding hydrogens is 316 g/mol. The largest absolute Gasteiger partial charge is 0.482 e. The molecule has 1 aliphatic rings. The Morgan fingerprint density at radius 2 is 2.22 bits per heavy atom. The van der Waals surface area contributed by atoms with Gasteiger partial charge in [0.2, 0.25) is 0 Å². The lowest BCUT2D eigenvalue weighted by atomic mass is 10.2. The Bertz CT molecular complexity index is 752. The van der Waals surface area contributed by atoms with Crippen LogP contribution in [0.25, 0.3) is 0 Å². The van der Waals surface area contributed by atoms with Crippen LogP contribution in [-0.4, -0.2) is 28.6 Å². The molecule has 1 saturated carbocycles. The fourth-order valence-electron chi connectivity index (χ4n) is 2.11. The number of hydrogen-bond donors (Lipinski definition) is 2. The summed E-state index contributed by atoms with van der Waals surface area (Å²) >= 11 is 1.53. The van der Waals surface area contributed by atoms with Gasteiger partial charge in [-0.1, -0.05) is 0 Å². The first-order chi connectivity index (χ1) is 11.0. The van der Waals surface area contributed by atoms with E-state index in [4.69, 9.17) is 9.84 Å². The van der Waals surface area contributed by atoms with E-state index in [0.29, 0.717) is 23.0 Å². The third-order valence-electron chi connectivity index (χ3n) is 3.49. The van der Waals surface area contributed by atoms with Gasteiger partial charge in [-0.2, -0.15) is 0 Å². The van der Waals surface area contributed by atoms with Crippen molar-refractivity contribution in [3.63, 3.8) is 0 Å². The van der Waals surface area contributed by atoms with Gasteiger partial charge < -0.3 is 15.2 Å². The number of carbonyl (C=O) groups is 2. The summed E-state index contributed by atoms with van der Waals surface area (Å²) in [5.41, 5.74) is 1.88. The van der Waals surface area contributed by atoms with Crippen LogP contribution in [0.4, 0.5) is 5.69 Å². The minimum absolute atomic E-state index is 0.240. The number of ether oxygens (including phenoxy) is 1. The monoisotopic (exact) mass is 332 g/mol. The van der Waals surface area contributed by atoms with Gasteiger partial charge in [0.1, 0.15) is 11.4 Å². The number of carboxylic acids is 1. The molecule has 0 unspecified atom stereocenters. The van der Waals surface area contributed by atoms with Crippen LogP contribution in [-0.2, 0) is 4.79 Å². The zero-order chi connectivity index (χ0) is 16.4. The van der Waals surface area contributed by atoms with E-state index in [2.05, 4.69) is 10.3 Å². The van der Waals surface area contributed by atoms with Crippen LogP contribution in [0.3, 0.4) is 0 Å². The van der Waals surface area contributed by atoms with E-state index >= 15 is 0 Å². The van der Waals surface area contributed by atoms with Gasteiger partial charge in [0, 0.05) is 17.0 Å². The van der Waals surface area contributed by atoms with E-state index in [0.717, 1.165) is 23.4 Å². The first kappa shape index (κ1) is 15.5. The molecule has 0 saturated heterocycles. The topological polar surface area (TPSA) is 88.5 Å². The maximum atomic E-state index is 12.2. The van der Waals surface area contributed by atoms with E-state index in [1.54, 1.807) is 23.6 Å². The number of anilines is 1. The highest BCUT2D eigenvalue weighted by atomic mass is 32.1. The third-order valence-corrected chi connectivity index (χ3v) is 4.50. The van der Waals surface area contributed by atoms with Crippen LogP contribution in [0, 0.1) is 6.92 Å². The Morgan fingerprint density at radius 1 is 1.43 bits per heavy atom. The van der Waals surface area contributed by atoms with Crippen molar-refractivity contribution in [1.82, 2.24) is 4.98 Å². The van der Waals surface area contributed by atoms with Gasteiger partial charge in [-0.05, 0) is 43.5 Å². The highest BCUT2D eigenvalue weighted by Gasteiger charge is 2.27. The summed E-state index contributed by atoms with van der Waals surface area (Å²) in [6.07, 6.45) is 2.32. The molecule has 1 aromatic carbocycles. The number of hydrogen-bond acceptors (Lipinski definition) is 5. The summed E-state index contributed by atoms with van der Waals surface area (Å²) in [5, 5.41) is 14.2. The summed E-state index contributed by atoms with van der Waals surface area (Å²) in [6.45, 7) is 1.42. The van der Waals surface area contributed by atoms with Gasteiger partial charge >= 0.3 is 5.97 Å². The van der Waals surface area contributed by atoms with Crippen molar-refractivity contribution in [1.29, 1.82) is 0 Å². The fourth-order valence-corrected chi connectivity index (χ4v) is 3.08. The van der Waals surface area contributed by atoms with Crippen LogP contribution >= 0.6 is 11.3 Å². The standard InChI is InChI=1S/C16H16N2O4S/c1-9-6-11(22-7-14(19)20)4-5-12(9)17-15(21)13-8-23-16(18-13)10-2-3-10/h4-6,8,10H,2-3,7H2,1H3,(H,17,21)(H,19,20). The molecule has 1 amide bonds. The molecule has 1 aliphatic carbocycles. The Hall–Kier alpha value is -2.41. The molecule has 3 rings (SSSR count). The molecule has 0 radical (unpaired) electrons. The van der Waals surface area contributed by atoms with Crippen molar-refractivity contribution in [2.45, 2.75) is 25.7 Å². The third kappa shape index (κ3) is 3.87. The smallest absolute Gasteiger partial charge is 0.341 e. The average molecular weight is 332 g/mol. The van der Waals surface area contributed by atoms with Crippen LogP contribution in [0.2, 0.25) is 0 Å². The molecule has 120 valence electrons. The predicted octanol–water partition coefficient (Wildman–Crippen LogP) is 3.04. The quantitative estimate of drug-likeness (QED) is 0.849. The minimum atomic E-state index is -1.03. The molecule has 6 nitrogen and oxygen atoms in total. The Kier molecular flexibility index (Phi) is 4.29. The molecule has 1 heterocycles. The first-order valence-electron chi connectivity index (χ1n) is 7.25. The summed E-state index contributed by atoms with van der Waals surface area (Å²) < 4.78 is 5.11. The Balaban J connectivity index is 1.66. The zero-order valence-corrected chi connectivity index (χ0v) is 13.4. The van der Waals surface area contributed by atoms with E-state index in [1.165, 1.54) is 11.3 Å². The molecule has 23 heavy (non-hydrogen) atoms. The Labute approximate surface area is 137 Å². The molecule has 1 aromatic heterocycles. The zero-order valence-electron chi connectivity index (χ0n) is 12.5. The van der Waals surface area contributed by atoms with Gasteiger partial charge in [-0.3, -0.25) is 4.79 Å². The number of carboxylic acid groups (broad SMARTS) is 1.